The average molecular weight is 326 g/mol. The SMILES string of the molecule is C=CCNC(=O)C(C)OC(=O)c1cccc(NS(C)(=O)=O)c1. The van der Waals surface area contributed by atoms with E-state index in [2.05, 4.69) is 16.6 Å². The molecule has 0 aliphatic rings. The quantitative estimate of drug-likeness (QED) is 0.573. The number of benzene rings is 1. The van der Waals surface area contributed by atoms with Gasteiger partial charge in [0.2, 0.25) is 10.0 Å². The fraction of sp³-hybridized carbons (Fsp3) is 0.286. The summed E-state index contributed by atoms with van der Waals surface area (Å²) >= 11 is 0. The lowest BCUT2D eigenvalue weighted by Gasteiger charge is -2.13. The highest BCUT2D eigenvalue weighted by atomic mass is 32.2. The summed E-state index contributed by atoms with van der Waals surface area (Å²) in [5, 5.41) is 2.51. The van der Waals surface area contributed by atoms with Crippen molar-refractivity contribution >= 4 is 27.6 Å². The Labute approximate surface area is 129 Å². The van der Waals surface area contributed by atoms with E-state index in [9.17, 15) is 18.0 Å². The molecule has 120 valence electrons. The first-order valence-electron chi connectivity index (χ1n) is 6.40. The highest BCUT2D eigenvalue weighted by molar-refractivity contribution is 7.92. The first-order chi connectivity index (χ1) is 10.2. The number of anilines is 1. The first kappa shape index (κ1) is 17.7. The molecule has 0 aliphatic heterocycles. The number of amides is 1. The summed E-state index contributed by atoms with van der Waals surface area (Å²) in [6.07, 6.45) is 1.54. The molecule has 0 fully saturated rings. The predicted molar refractivity (Wildman–Crippen MR) is 83.0 cm³/mol. The van der Waals surface area contributed by atoms with Gasteiger partial charge in [-0.05, 0) is 25.1 Å². The molecule has 0 saturated carbocycles. The number of rotatable bonds is 7. The third-order valence-electron chi connectivity index (χ3n) is 2.48. The van der Waals surface area contributed by atoms with Crippen molar-refractivity contribution in [3.05, 3.63) is 42.5 Å². The van der Waals surface area contributed by atoms with Crippen LogP contribution in [0.15, 0.2) is 36.9 Å². The van der Waals surface area contributed by atoms with Crippen LogP contribution in [0.2, 0.25) is 0 Å². The minimum Gasteiger partial charge on any atom is -0.449 e. The molecular formula is C14H18N2O5S. The van der Waals surface area contributed by atoms with E-state index < -0.39 is 28.0 Å². The van der Waals surface area contributed by atoms with E-state index in [1.807, 2.05) is 0 Å². The van der Waals surface area contributed by atoms with Crippen molar-refractivity contribution in [2.45, 2.75) is 13.0 Å². The Kier molecular flexibility index (Phi) is 6.11. The second-order valence-electron chi connectivity index (χ2n) is 4.54. The van der Waals surface area contributed by atoms with E-state index in [0.717, 1.165) is 6.26 Å². The summed E-state index contributed by atoms with van der Waals surface area (Å²) in [5.41, 5.74) is 0.373. The lowest BCUT2D eigenvalue weighted by molar-refractivity contribution is -0.128. The third kappa shape index (κ3) is 5.96. The van der Waals surface area contributed by atoms with Gasteiger partial charge in [-0.3, -0.25) is 9.52 Å². The molecule has 7 nitrogen and oxygen atoms in total. The first-order valence-corrected chi connectivity index (χ1v) is 8.29. The molecule has 0 bridgehead atoms. The van der Waals surface area contributed by atoms with E-state index in [0.29, 0.717) is 0 Å². The molecule has 0 saturated heterocycles. The predicted octanol–water partition coefficient (Wildman–Crippen LogP) is 0.906. The Balaban J connectivity index is 2.75. The minimum atomic E-state index is -3.44. The Morgan fingerprint density at radius 2 is 2.09 bits per heavy atom. The van der Waals surface area contributed by atoms with Crippen molar-refractivity contribution < 1.29 is 22.7 Å². The topological polar surface area (TPSA) is 102 Å². The van der Waals surface area contributed by atoms with Crippen LogP contribution in [-0.2, 0) is 19.6 Å². The lowest BCUT2D eigenvalue weighted by atomic mass is 10.2. The van der Waals surface area contributed by atoms with Crippen molar-refractivity contribution in [1.82, 2.24) is 5.32 Å². The van der Waals surface area contributed by atoms with Gasteiger partial charge >= 0.3 is 5.97 Å². The number of nitrogens with one attached hydrogen (secondary N) is 2. The zero-order chi connectivity index (χ0) is 16.8. The number of hydrogen-bond acceptors (Lipinski definition) is 5. The fourth-order valence-corrected chi connectivity index (χ4v) is 2.08. The number of carbonyl (C=O) groups excluding carboxylic acids is 2. The van der Waals surface area contributed by atoms with Gasteiger partial charge in [-0.15, -0.1) is 6.58 Å². The fourth-order valence-electron chi connectivity index (χ4n) is 1.52. The third-order valence-corrected chi connectivity index (χ3v) is 3.08. The van der Waals surface area contributed by atoms with E-state index in [-0.39, 0.29) is 17.8 Å². The Hall–Kier alpha value is -2.35. The van der Waals surface area contributed by atoms with Gasteiger partial charge in [-0.25, -0.2) is 13.2 Å². The van der Waals surface area contributed by atoms with Crippen molar-refractivity contribution in [3.8, 4) is 0 Å². The lowest BCUT2D eigenvalue weighted by Crippen LogP contribution is -2.35. The molecule has 1 atom stereocenters. The largest absolute Gasteiger partial charge is 0.449 e. The molecule has 0 radical (unpaired) electrons. The van der Waals surface area contributed by atoms with Crippen LogP contribution in [-0.4, -0.2) is 39.2 Å². The molecule has 22 heavy (non-hydrogen) atoms. The van der Waals surface area contributed by atoms with Gasteiger partial charge < -0.3 is 10.1 Å². The van der Waals surface area contributed by atoms with Crippen LogP contribution in [0.1, 0.15) is 17.3 Å². The van der Waals surface area contributed by atoms with Crippen LogP contribution in [0.5, 0.6) is 0 Å². The highest BCUT2D eigenvalue weighted by Crippen LogP contribution is 2.13. The molecule has 1 aromatic carbocycles. The molecule has 1 rings (SSSR count). The van der Waals surface area contributed by atoms with E-state index in [1.165, 1.54) is 37.3 Å². The van der Waals surface area contributed by atoms with Crippen LogP contribution < -0.4 is 10.0 Å². The Morgan fingerprint density at radius 1 is 1.41 bits per heavy atom. The summed E-state index contributed by atoms with van der Waals surface area (Å²) in [7, 11) is -3.44. The maximum atomic E-state index is 12.0. The number of hydrogen-bond donors (Lipinski definition) is 2. The molecule has 1 amide bonds. The molecule has 0 heterocycles. The van der Waals surface area contributed by atoms with Crippen LogP contribution in [0.25, 0.3) is 0 Å². The zero-order valence-corrected chi connectivity index (χ0v) is 13.1. The number of esters is 1. The van der Waals surface area contributed by atoms with Gasteiger partial charge in [-0.2, -0.15) is 0 Å². The zero-order valence-electron chi connectivity index (χ0n) is 12.3. The summed E-state index contributed by atoms with van der Waals surface area (Å²) in [6.45, 7) is 5.17. The normalized spacial score (nSPS) is 12.1. The summed E-state index contributed by atoms with van der Waals surface area (Å²) in [5.74, 6) is -1.17. The van der Waals surface area contributed by atoms with Crippen LogP contribution >= 0.6 is 0 Å². The van der Waals surface area contributed by atoms with Crippen molar-refractivity contribution in [2.24, 2.45) is 0 Å². The van der Waals surface area contributed by atoms with Crippen molar-refractivity contribution in [3.63, 3.8) is 0 Å². The second-order valence-corrected chi connectivity index (χ2v) is 6.28. The van der Waals surface area contributed by atoms with Gasteiger partial charge in [0.15, 0.2) is 6.10 Å². The monoisotopic (exact) mass is 326 g/mol. The second kappa shape index (κ2) is 7.60. The van der Waals surface area contributed by atoms with Gasteiger partial charge in [0.1, 0.15) is 0 Å². The van der Waals surface area contributed by atoms with Gasteiger partial charge in [0.05, 0.1) is 11.8 Å². The van der Waals surface area contributed by atoms with Gasteiger partial charge in [0, 0.05) is 12.2 Å². The van der Waals surface area contributed by atoms with Gasteiger partial charge in [-0.1, -0.05) is 12.1 Å². The number of carbonyl (C=O) groups is 2. The summed E-state index contributed by atoms with van der Waals surface area (Å²) in [4.78, 5) is 23.5. The smallest absolute Gasteiger partial charge is 0.338 e. The molecule has 2 N–H and O–H groups in total. The molecule has 0 spiro atoms. The molecule has 1 aromatic rings. The molecule has 0 aliphatic carbocycles. The van der Waals surface area contributed by atoms with Crippen LogP contribution in [0, 0.1) is 0 Å². The summed E-state index contributed by atoms with van der Waals surface area (Å²) in [6, 6.07) is 5.80. The van der Waals surface area contributed by atoms with Gasteiger partial charge in [0.25, 0.3) is 5.91 Å². The number of ether oxygens (including phenoxy) is 1. The van der Waals surface area contributed by atoms with Crippen molar-refractivity contribution in [1.29, 1.82) is 0 Å². The molecule has 0 aromatic heterocycles. The van der Waals surface area contributed by atoms with Crippen LogP contribution in [0.3, 0.4) is 0 Å². The Morgan fingerprint density at radius 3 is 2.68 bits per heavy atom. The summed E-state index contributed by atoms with van der Waals surface area (Å²) < 4.78 is 29.6. The number of sulfonamides is 1. The molecular weight excluding hydrogens is 308 g/mol. The maximum absolute atomic E-state index is 12.0. The maximum Gasteiger partial charge on any atom is 0.338 e. The van der Waals surface area contributed by atoms with E-state index >= 15 is 0 Å². The van der Waals surface area contributed by atoms with Crippen LogP contribution in [0.4, 0.5) is 5.69 Å². The van der Waals surface area contributed by atoms with E-state index in [1.54, 1.807) is 0 Å². The molecule has 8 heteroatoms. The average Bonchev–Trinajstić information content (AvgIpc) is 2.43. The minimum absolute atomic E-state index is 0.136. The van der Waals surface area contributed by atoms with E-state index in [4.69, 9.17) is 4.74 Å². The molecule has 1 unspecified atom stereocenters. The Bertz CT molecular complexity index is 670. The highest BCUT2D eigenvalue weighted by Gasteiger charge is 2.18. The standard InChI is InChI=1S/C14H18N2O5S/c1-4-8-15-13(17)10(2)21-14(18)11-6-5-7-12(9-11)16-22(3,19)20/h4-7,9-10,16H,1,8H2,2-3H3,(H,15,17). The van der Waals surface area contributed by atoms with Crippen molar-refractivity contribution in [2.75, 3.05) is 17.5 Å².